The molecule has 0 saturated heterocycles. The minimum Gasteiger partial charge on any atom is -0.315 e. The molecular formula is C13H11N3O. The summed E-state index contributed by atoms with van der Waals surface area (Å²) >= 11 is 0. The van der Waals surface area contributed by atoms with Crippen LogP contribution in [0.4, 0.5) is 5.69 Å². The first-order valence-corrected chi connectivity index (χ1v) is 5.42. The van der Waals surface area contributed by atoms with Crippen LogP contribution in [-0.2, 0) is 11.2 Å². The van der Waals surface area contributed by atoms with E-state index in [1.165, 1.54) is 6.33 Å². The first-order valence-electron chi connectivity index (χ1n) is 5.42. The highest BCUT2D eigenvalue weighted by molar-refractivity contribution is 6.01. The normalized spacial score (nSPS) is 13.9. The lowest BCUT2D eigenvalue weighted by Crippen LogP contribution is -2.26. The third-order valence-corrected chi connectivity index (χ3v) is 3.02. The highest BCUT2D eigenvalue weighted by Gasteiger charge is 2.23. The van der Waals surface area contributed by atoms with E-state index in [2.05, 4.69) is 9.97 Å². The van der Waals surface area contributed by atoms with Crippen LogP contribution in [0.1, 0.15) is 5.56 Å². The Kier molecular flexibility index (Phi) is 2.14. The van der Waals surface area contributed by atoms with E-state index in [1.807, 2.05) is 24.3 Å². The standard InChI is InChI=1S/C13H11N3O/c1-16-11-5-3-2-4-10(11)13-9(6-12(16)17)7-14-8-15-13/h2-5,7-8H,6H2,1H3. The van der Waals surface area contributed by atoms with Crippen molar-refractivity contribution in [3.05, 3.63) is 42.4 Å². The number of likely N-dealkylation sites (N-methyl/N-ethyl adjacent to an activating group) is 1. The van der Waals surface area contributed by atoms with E-state index in [0.29, 0.717) is 6.42 Å². The van der Waals surface area contributed by atoms with Crippen molar-refractivity contribution in [2.45, 2.75) is 6.42 Å². The van der Waals surface area contributed by atoms with Crippen molar-refractivity contribution >= 4 is 11.6 Å². The second kappa shape index (κ2) is 3.66. The number of fused-ring (bicyclic) bond motifs is 3. The Morgan fingerprint density at radius 1 is 1.29 bits per heavy atom. The van der Waals surface area contributed by atoms with Gasteiger partial charge in [-0.05, 0) is 6.07 Å². The van der Waals surface area contributed by atoms with Gasteiger partial charge in [-0.25, -0.2) is 9.97 Å². The molecule has 4 heteroatoms. The van der Waals surface area contributed by atoms with E-state index in [4.69, 9.17) is 0 Å². The minimum absolute atomic E-state index is 0.0611. The highest BCUT2D eigenvalue weighted by Crippen LogP contribution is 2.33. The molecule has 1 aliphatic rings. The minimum atomic E-state index is 0.0611. The van der Waals surface area contributed by atoms with E-state index in [9.17, 15) is 4.79 Å². The van der Waals surface area contributed by atoms with Crippen LogP contribution in [0.25, 0.3) is 11.3 Å². The molecule has 0 fully saturated rings. The van der Waals surface area contributed by atoms with Crippen LogP contribution >= 0.6 is 0 Å². The maximum absolute atomic E-state index is 12.0. The van der Waals surface area contributed by atoms with Crippen LogP contribution in [0, 0.1) is 0 Å². The lowest BCUT2D eigenvalue weighted by molar-refractivity contribution is -0.117. The third kappa shape index (κ3) is 1.49. The number of anilines is 1. The molecular weight excluding hydrogens is 214 g/mol. The maximum Gasteiger partial charge on any atom is 0.231 e. The lowest BCUT2D eigenvalue weighted by atomic mass is 10.1. The zero-order chi connectivity index (χ0) is 11.8. The fourth-order valence-electron chi connectivity index (χ4n) is 2.11. The first kappa shape index (κ1) is 9.96. The quantitative estimate of drug-likeness (QED) is 0.685. The van der Waals surface area contributed by atoms with Crippen molar-refractivity contribution < 1.29 is 4.79 Å². The van der Waals surface area contributed by atoms with Gasteiger partial charge >= 0.3 is 0 Å². The summed E-state index contributed by atoms with van der Waals surface area (Å²) in [6.07, 6.45) is 3.59. The molecule has 3 rings (SSSR count). The van der Waals surface area contributed by atoms with Crippen LogP contribution in [0.3, 0.4) is 0 Å². The van der Waals surface area contributed by atoms with Gasteiger partial charge in [-0.1, -0.05) is 18.2 Å². The molecule has 84 valence electrons. The Hall–Kier alpha value is -2.23. The van der Waals surface area contributed by atoms with Gasteiger partial charge in [0.1, 0.15) is 6.33 Å². The topological polar surface area (TPSA) is 46.1 Å². The van der Waals surface area contributed by atoms with E-state index in [1.54, 1.807) is 18.1 Å². The summed E-state index contributed by atoms with van der Waals surface area (Å²) in [6, 6.07) is 7.80. The Balaban J connectivity index is 2.33. The summed E-state index contributed by atoms with van der Waals surface area (Å²) in [5.74, 6) is 0.0611. The van der Waals surface area contributed by atoms with Crippen molar-refractivity contribution in [2.24, 2.45) is 0 Å². The fourth-order valence-corrected chi connectivity index (χ4v) is 2.11. The van der Waals surface area contributed by atoms with E-state index < -0.39 is 0 Å². The Labute approximate surface area is 98.9 Å². The Bertz CT molecular complexity index is 595. The molecule has 0 bridgehead atoms. The van der Waals surface area contributed by atoms with Crippen LogP contribution in [0.2, 0.25) is 0 Å². The van der Waals surface area contributed by atoms with Gasteiger partial charge in [0.15, 0.2) is 0 Å². The van der Waals surface area contributed by atoms with Gasteiger partial charge in [-0.3, -0.25) is 4.79 Å². The number of benzene rings is 1. The average molecular weight is 225 g/mol. The molecule has 0 atom stereocenters. The van der Waals surface area contributed by atoms with Crippen LogP contribution in [0.5, 0.6) is 0 Å². The number of nitrogens with zero attached hydrogens (tertiary/aromatic N) is 3. The number of carbonyl (C=O) groups is 1. The predicted molar refractivity (Wildman–Crippen MR) is 64.6 cm³/mol. The van der Waals surface area contributed by atoms with Gasteiger partial charge in [-0.2, -0.15) is 0 Å². The summed E-state index contributed by atoms with van der Waals surface area (Å²) in [7, 11) is 1.79. The van der Waals surface area contributed by atoms with Crippen LogP contribution in [-0.4, -0.2) is 22.9 Å². The fraction of sp³-hybridized carbons (Fsp3) is 0.154. The van der Waals surface area contributed by atoms with Gasteiger partial charge in [0.05, 0.1) is 17.8 Å². The molecule has 1 aromatic heterocycles. The van der Waals surface area contributed by atoms with Gasteiger partial charge in [-0.15, -0.1) is 0 Å². The molecule has 4 nitrogen and oxygen atoms in total. The van der Waals surface area contributed by atoms with Gasteiger partial charge < -0.3 is 4.90 Å². The summed E-state index contributed by atoms with van der Waals surface area (Å²) < 4.78 is 0. The smallest absolute Gasteiger partial charge is 0.231 e. The zero-order valence-electron chi connectivity index (χ0n) is 9.42. The average Bonchev–Trinajstić information content (AvgIpc) is 2.48. The van der Waals surface area contributed by atoms with Crippen molar-refractivity contribution in [1.29, 1.82) is 0 Å². The van der Waals surface area contributed by atoms with Crippen molar-refractivity contribution in [3.63, 3.8) is 0 Å². The van der Waals surface area contributed by atoms with E-state index >= 15 is 0 Å². The van der Waals surface area contributed by atoms with Gasteiger partial charge in [0, 0.05) is 24.4 Å². The first-order chi connectivity index (χ1) is 8.27. The molecule has 1 aromatic carbocycles. The second-order valence-electron chi connectivity index (χ2n) is 4.04. The zero-order valence-corrected chi connectivity index (χ0v) is 9.42. The number of aromatic nitrogens is 2. The molecule has 0 aliphatic carbocycles. The summed E-state index contributed by atoms with van der Waals surface area (Å²) in [6.45, 7) is 0. The Morgan fingerprint density at radius 2 is 2.12 bits per heavy atom. The summed E-state index contributed by atoms with van der Waals surface area (Å²) in [5, 5.41) is 0. The summed E-state index contributed by atoms with van der Waals surface area (Å²) in [5.41, 5.74) is 3.62. The number of para-hydroxylation sites is 1. The molecule has 0 spiro atoms. The number of carbonyl (C=O) groups excluding carboxylic acids is 1. The number of hydrogen-bond acceptors (Lipinski definition) is 3. The SMILES string of the molecule is CN1C(=O)Cc2cncnc2-c2ccccc21. The molecule has 0 N–H and O–H groups in total. The molecule has 0 unspecified atom stereocenters. The molecule has 2 heterocycles. The maximum atomic E-state index is 12.0. The van der Waals surface area contributed by atoms with Crippen molar-refractivity contribution in [1.82, 2.24) is 9.97 Å². The molecule has 2 aromatic rings. The van der Waals surface area contributed by atoms with E-state index in [0.717, 1.165) is 22.5 Å². The number of amides is 1. The highest BCUT2D eigenvalue weighted by atomic mass is 16.2. The Morgan fingerprint density at radius 3 is 3.00 bits per heavy atom. The van der Waals surface area contributed by atoms with Crippen molar-refractivity contribution in [2.75, 3.05) is 11.9 Å². The van der Waals surface area contributed by atoms with Crippen LogP contribution < -0.4 is 4.90 Å². The number of hydrogen-bond donors (Lipinski definition) is 0. The monoisotopic (exact) mass is 225 g/mol. The van der Waals surface area contributed by atoms with Gasteiger partial charge in [0.2, 0.25) is 5.91 Å². The molecule has 1 amide bonds. The summed E-state index contributed by atoms with van der Waals surface area (Å²) in [4.78, 5) is 22.0. The predicted octanol–water partition coefficient (Wildman–Crippen LogP) is 1.66. The second-order valence-corrected chi connectivity index (χ2v) is 4.04. The lowest BCUT2D eigenvalue weighted by Gasteiger charge is -2.16. The van der Waals surface area contributed by atoms with E-state index in [-0.39, 0.29) is 5.91 Å². The molecule has 0 saturated carbocycles. The third-order valence-electron chi connectivity index (χ3n) is 3.02. The molecule has 0 radical (unpaired) electrons. The molecule has 1 aliphatic heterocycles. The largest absolute Gasteiger partial charge is 0.315 e. The van der Waals surface area contributed by atoms with Crippen LogP contribution in [0.15, 0.2) is 36.8 Å². The van der Waals surface area contributed by atoms with Crippen molar-refractivity contribution in [3.8, 4) is 11.3 Å². The molecule has 17 heavy (non-hydrogen) atoms. The number of rotatable bonds is 0. The van der Waals surface area contributed by atoms with Gasteiger partial charge in [0.25, 0.3) is 0 Å².